The molecule has 0 radical (unpaired) electrons. The maximum absolute atomic E-state index is 12.8. The fourth-order valence-electron chi connectivity index (χ4n) is 4.61. The van der Waals surface area contributed by atoms with Gasteiger partial charge in [0.05, 0.1) is 6.33 Å². The Hall–Kier alpha value is -2.70. The normalized spacial score (nSPS) is 20.1. The molecule has 154 valence electrons. The predicted octanol–water partition coefficient (Wildman–Crippen LogP) is 2.66. The molecule has 2 fully saturated rings. The molecule has 7 nitrogen and oxygen atoms in total. The van der Waals surface area contributed by atoms with Crippen LogP contribution >= 0.6 is 0 Å². The number of pyridine rings is 1. The van der Waals surface area contributed by atoms with Crippen molar-refractivity contribution in [3.63, 3.8) is 0 Å². The van der Waals surface area contributed by atoms with Crippen molar-refractivity contribution in [3.8, 4) is 0 Å². The van der Waals surface area contributed by atoms with Crippen LogP contribution in [0.4, 0.5) is 0 Å². The van der Waals surface area contributed by atoms with Gasteiger partial charge in [0.2, 0.25) is 11.8 Å². The average Bonchev–Trinajstić information content (AvgIpc) is 3.27. The van der Waals surface area contributed by atoms with E-state index in [4.69, 9.17) is 0 Å². The number of carbonyl (C=O) groups excluding carboxylic acids is 2. The van der Waals surface area contributed by atoms with E-state index in [1.54, 1.807) is 24.9 Å². The second-order valence-electron chi connectivity index (χ2n) is 8.55. The first-order valence-corrected chi connectivity index (χ1v) is 10.5. The van der Waals surface area contributed by atoms with E-state index in [2.05, 4.69) is 16.9 Å². The summed E-state index contributed by atoms with van der Waals surface area (Å²) in [5.74, 6) is 0.446. The highest BCUT2D eigenvalue weighted by atomic mass is 16.2. The summed E-state index contributed by atoms with van der Waals surface area (Å²) in [5, 5.41) is 0. The number of carbonyl (C=O) groups is 2. The predicted molar refractivity (Wildman–Crippen MR) is 109 cm³/mol. The van der Waals surface area contributed by atoms with Crippen LogP contribution in [0.2, 0.25) is 0 Å². The lowest BCUT2D eigenvalue weighted by molar-refractivity contribution is -0.143. The fourth-order valence-corrected chi connectivity index (χ4v) is 4.61. The van der Waals surface area contributed by atoms with Crippen molar-refractivity contribution in [2.75, 3.05) is 19.6 Å². The van der Waals surface area contributed by atoms with Crippen LogP contribution in [-0.2, 0) is 16.1 Å². The highest BCUT2D eigenvalue weighted by molar-refractivity contribution is 5.78. The van der Waals surface area contributed by atoms with Crippen LogP contribution in [0.15, 0.2) is 43.2 Å². The Morgan fingerprint density at radius 1 is 1.14 bits per heavy atom. The van der Waals surface area contributed by atoms with Crippen molar-refractivity contribution in [2.45, 2.75) is 51.6 Å². The van der Waals surface area contributed by atoms with Crippen LogP contribution < -0.4 is 0 Å². The zero-order chi connectivity index (χ0) is 20.3. The number of aromatic nitrogens is 3. The molecule has 2 aliphatic heterocycles. The summed E-state index contributed by atoms with van der Waals surface area (Å²) in [5.41, 5.74) is 1.26. The molecule has 0 bridgehead atoms. The van der Waals surface area contributed by atoms with Crippen molar-refractivity contribution in [3.05, 3.63) is 48.8 Å². The summed E-state index contributed by atoms with van der Waals surface area (Å²) in [6.07, 6.45) is 12.9. The molecule has 2 aliphatic rings. The van der Waals surface area contributed by atoms with Gasteiger partial charge in [0.25, 0.3) is 0 Å². The molecule has 0 N–H and O–H groups in total. The Labute approximate surface area is 171 Å². The summed E-state index contributed by atoms with van der Waals surface area (Å²) < 4.78 is 1.98. The smallest absolute Gasteiger partial charge is 0.224 e. The van der Waals surface area contributed by atoms with Gasteiger partial charge in [0, 0.05) is 69.8 Å². The van der Waals surface area contributed by atoms with Crippen molar-refractivity contribution in [2.24, 2.45) is 5.41 Å². The molecule has 1 spiro atoms. The quantitative estimate of drug-likeness (QED) is 0.780. The molecule has 7 heteroatoms. The molecular formula is C22H29N5O2. The Balaban J connectivity index is 1.33. The Kier molecular flexibility index (Phi) is 5.65. The highest BCUT2D eigenvalue weighted by Gasteiger charge is 2.41. The second kappa shape index (κ2) is 8.35. The van der Waals surface area contributed by atoms with E-state index < -0.39 is 0 Å². The van der Waals surface area contributed by atoms with Gasteiger partial charge in [-0.05, 0) is 49.3 Å². The van der Waals surface area contributed by atoms with Crippen LogP contribution in [0, 0.1) is 5.41 Å². The molecule has 0 aromatic carbocycles. The van der Waals surface area contributed by atoms with E-state index in [-0.39, 0.29) is 23.3 Å². The minimum Gasteiger partial charge on any atom is -0.343 e. The molecule has 4 heterocycles. The number of amides is 2. The van der Waals surface area contributed by atoms with Gasteiger partial charge < -0.3 is 14.4 Å². The highest BCUT2D eigenvalue weighted by Crippen LogP contribution is 2.40. The molecule has 2 aromatic rings. The van der Waals surface area contributed by atoms with Gasteiger partial charge in [-0.25, -0.2) is 4.98 Å². The minimum atomic E-state index is 0.115. The molecule has 2 saturated heterocycles. The lowest BCUT2D eigenvalue weighted by Gasteiger charge is -2.47. The zero-order valence-electron chi connectivity index (χ0n) is 17.0. The fraction of sp³-hybridized carbons (Fsp3) is 0.545. The van der Waals surface area contributed by atoms with Gasteiger partial charge >= 0.3 is 0 Å². The van der Waals surface area contributed by atoms with Gasteiger partial charge in [-0.15, -0.1) is 0 Å². The van der Waals surface area contributed by atoms with E-state index in [1.807, 2.05) is 32.7 Å². The van der Waals surface area contributed by atoms with Crippen LogP contribution in [0.3, 0.4) is 0 Å². The second-order valence-corrected chi connectivity index (χ2v) is 8.55. The van der Waals surface area contributed by atoms with Crippen molar-refractivity contribution in [1.29, 1.82) is 0 Å². The van der Waals surface area contributed by atoms with E-state index >= 15 is 0 Å². The van der Waals surface area contributed by atoms with Crippen molar-refractivity contribution < 1.29 is 9.59 Å². The molecule has 29 heavy (non-hydrogen) atoms. The largest absolute Gasteiger partial charge is 0.343 e. The van der Waals surface area contributed by atoms with Gasteiger partial charge in [-0.2, -0.15) is 0 Å². The number of imidazole rings is 1. The van der Waals surface area contributed by atoms with Crippen molar-refractivity contribution in [1.82, 2.24) is 24.3 Å². The molecular weight excluding hydrogens is 366 g/mol. The van der Waals surface area contributed by atoms with Crippen molar-refractivity contribution >= 4 is 11.8 Å². The standard InChI is InChI=1S/C22H29N5O2/c1-18(26-13-10-24-17-26)14-21(29)25-11-6-22(7-12-25)5-2-20(28)27(16-22)15-19-3-8-23-9-4-19/h3-4,8-10,13,17-18H,2,5-7,11-12,14-16H2,1H3. The molecule has 4 rings (SSSR count). The Bertz CT molecular complexity index is 828. The minimum absolute atomic E-state index is 0.115. The summed E-state index contributed by atoms with van der Waals surface area (Å²) >= 11 is 0. The van der Waals surface area contributed by atoms with Gasteiger partial charge in [-0.1, -0.05) is 0 Å². The average molecular weight is 396 g/mol. The first-order valence-electron chi connectivity index (χ1n) is 10.5. The number of nitrogens with zero attached hydrogens (tertiary/aromatic N) is 5. The van der Waals surface area contributed by atoms with Crippen LogP contribution in [0.5, 0.6) is 0 Å². The monoisotopic (exact) mass is 395 g/mol. The SMILES string of the molecule is CC(CC(=O)N1CCC2(CCC(=O)N(Cc3ccncc3)C2)CC1)n1ccnc1. The summed E-state index contributed by atoms with van der Waals surface area (Å²) in [6.45, 7) is 5.06. The zero-order valence-corrected chi connectivity index (χ0v) is 17.0. The van der Waals surface area contributed by atoms with Gasteiger partial charge in [0.1, 0.15) is 0 Å². The van der Waals surface area contributed by atoms with Crippen LogP contribution in [0.25, 0.3) is 0 Å². The number of likely N-dealkylation sites (tertiary alicyclic amines) is 2. The molecule has 2 aromatic heterocycles. The topological polar surface area (TPSA) is 71.3 Å². The number of piperidine rings is 2. The lowest BCUT2D eigenvalue weighted by atomic mass is 9.72. The maximum atomic E-state index is 12.8. The van der Waals surface area contributed by atoms with Gasteiger partial charge in [-0.3, -0.25) is 14.6 Å². The number of hydrogen-bond acceptors (Lipinski definition) is 4. The van der Waals surface area contributed by atoms with Gasteiger partial charge in [0.15, 0.2) is 0 Å². The van der Waals surface area contributed by atoms with E-state index in [0.29, 0.717) is 19.4 Å². The van der Waals surface area contributed by atoms with Crippen LogP contribution in [0.1, 0.15) is 50.6 Å². The summed E-state index contributed by atoms with van der Waals surface area (Å²) in [4.78, 5) is 37.3. The van der Waals surface area contributed by atoms with E-state index in [0.717, 1.165) is 44.5 Å². The third-order valence-electron chi connectivity index (χ3n) is 6.55. The molecule has 1 atom stereocenters. The summed E-state index contributed by atoms with van der Waals surface area (Å²) in [7, 11) is 0. The lowest BCUT2D eigenvalue weighted by Crippen LogP contribution is -2.52. The number of rotatable bonds is 5. The van der Waals surface area contributed by atoms with E-state index in [9.17, 15) is 9.59 Å². The summed E-state index contributed by atoms with van der Waals surface area (Å²) in [6, 6.07) is 4.05. The maximum Gasteiger partial charge on any atom is 0.224 e. The third kappa shape index (κ3) is 4.49. The first-order chi connectivity index (χ1) is 14.0. The third-order valence-corrected chi connectivity index (χ3v) is 6.55. The Morgan fingerprint density at radius 2 is 1.90 bits per heavy atom. The van der Waals surface area contributed by atoms with Crippen LogP contribution in [-0.4, -0.2) is 55.8 Å². The Morgan fingerprint density at radius 3 is 2.59 bits per heavy atom. The number of hydrogen-bond donors (Lipinski definition) is 0. The van der Waals surface area contributed by atoms with E-state index in [1.165, 1.54) is 0 Å². The molecule has 2 amide bonds. The molecule has 0 saturated carbocycles. The molecule has 0 aliphatic carbocycles. The molecule has 1 unspecified atom stereocenters. The first kappa shape index (κ1) is 19.6.